The lowest BCUT2D eigenvalue weighted by Crippen LogP contribution is -2.48. The highest BCUT2D eigenvalue weighted by molar-refractivity contribution is 5.95. The third-order valence-electron chi connectivity index (χ3n) is 4.66. The number of carbonyl (C=O) groups excluding carboxylic acids is 3. The van der Waals surface area contributed by atoms with Gasteiger partial charge in [0.15, 0.2) is 0 Å². The summed E-state index contributed by atoms with van der Waals surface area (Å²) >= 11 is 0. The van der Waals surface area contributed by atoms with Crippen molar-refractivity contribution in [1.29, 1.82) is 0 Å². The smallest absolute Gasteiger partial charge is 0.251 e. The van der Waals surface area contributed by atoms with Gasteiger partial charge in [-0.15, -0.1) is 0 Å². The van der Waals surface area contributed by atoms with Crippen molar-refractivity contribution in [3.8, 4) is 11.1 Å². The van der Waals surface area contributed by atoms with Crippen molar-refractivity contribution >= 4 is 17.7 Å². The first kappa shape index (κ1) is 18.6. The number of rotatable bonds is 5. The maximum absolute atomic E-state index is 12.4. The number of nitrogens with zero attached hydrogens (tertiary/aromatic N) is 3. The number of hydrogen-bond donors (Lipinski definition) is 2. The van der Waals surface area contributed by atoms with Gasteiger partial charge in [-0.05, 0) is 24.1 Å². The molecule has 8 nitrogen and oxygen atoms in total. The molecule has 2 aromatic rings. The minimum Gasteiger partial charge on any atom is -0.358 e. The fourth-order valence-corrected chi connectivity index (χ4v) is 3.04. The highest BCUT2D eigenvalue weighted by Gasteiger charge is 2.24. The van der Waals surface area contributed by atoms with Crippen molar-refractivity contribution in [1.82, 2.24) is 25.3 Å². The summed E-state index contributed by atoms with van der Waals surface area (Å²) in [5.74, 6) is -0.154. The Morgan fingerprint density at radius 1 is 1.22 bits per heavy atom. The summed E-state index contributed by atoms with van der Waals surface area (Å²) in [5.41, 5.74) is 2.35. The Labute approximate surface area is 157 Å². The first-order valence-electron chi connectivity index (χ1n) is 8.84. The van der Waals surface area contributed by atoms with Crippen LogP contribution in [0, 0.1) is 0 Å². The third kappa shape index (κ3) is 4.52. The molecule has 3 rings (SSSR count). The van der Waals surface area contributed by atoms with Crippen LogP contribution in [-0.4, -0.2) is 59.1 Å². The third-order valence-corrected chi connectivity index (χ3v) is 4.66. The van der Waals surface area contributed by atoms with E-state index >= 15 is 0 Å². The number of nitrogens with one attached hydrogen (secondary N) is 2. The van der Waals surface area contributed by atoms with E-state index in [9.17, 15) is 14.4 Å². The predicted octanol–water partition coefficient (Wildman–Crippen LogP) is 0.647. The lowest BCUT2D eigenvalue weighted by molar-refractivity contribution is -0.132. The predicted molar refractivity (Wildman–Crippen MR) is 99.9 cm³/mol. The minimum atomic E-state index is -0.149. The molecule has 142 valence electrons. The molecule has 2 heterocycles. The quantitative estimate of drug-likeness (QED) is 0.809. The summed E-state index contributed by atoms with van der Waals surface area (Å²) in [7, 11) is 3.33. The molecule has 1 aromatic heterocycles. The van der Waals surface area contributed by atoms with E-state index in [1.807, 2.05) is 12.1 Å². The van der Waals surface area contributed by atoms with E-state index in [4.69, 9.17) is 0 Å². The molecule has 1 atom stereocenters. The van der Waals surface area contributed by atoms with Crippen molar-refractivity contribution in [2.75, 3.05) is 20.6 Å². The Morgan fingerprint density at radius 3 is 2.63 bits per heavy atom. The van der Waals surface area contributed by atoms with Gasteiger partial charge in [0, 0.05) is 50.4 Å². The SMILES string of the molecule is CNC(=O)Cn1cc(-c2ccc(C(=O)N[C@@H]3CCC(=O)N(C)C3)cc2)cn1. The van der Waals surface area contributed by atoms with Gasteiger partial charge in [0.1, 0.15) is 6.54 Å². The summed E-state index contributed by atoms with van der Waals surface area (Å²) in [6.45, 7) is 0.697. The fourth-order valence-electron chi connectivity index (χ4n) is 3.04. The van der Waals surface area contributed by atoms with Crippen LogP contribution in [0.25, 0.3) is 11.1 Å². The zero-order chi connectivity index (χ0) is 19.4. The highest BCUT2D eigenvalue weighted by atomic mass is 16.2. The van der Waals surface area contributed by atoms with E-state index in [0.717, 1.165) is 11.1 Å². The molecule has 1 saturated heterocycles. The average Bonchev–Trinajstić information content (AvgIpc) is 3.13. The van der Waals surface area contributed by atoms with Crippen LogP contribution < -0.4 is 10.6 Å². The zero-order valence-corrected chi connectivity index (χ0v) is 15.4. The second kappa shape index (κ2) is 8.03. The molecule has 0 saturated carbocycles. The normalized spacial score (nSPS) is 16.9. The Morgan fingerprint density at radius 2 is 1.96 bits per heavy atom. The van der Waals surface area contributed by atoms with Gasteiger partial charge in [0.05, 0.1) is 6.20 Å². The van der Waals surface area contributed by atoms with Crippen LogP contribution in [0.1, 0.15) is 23.2 Å². The van der Waals surface area contributed by atoms with Crippen molar-refractivity contribution in [2.24, 2.45) is 0 Å². The number of likely N-dealkylation sites (tertiary alicyclic amines) is 1. The van der Waals surface area contributed by atoms with E-state index in [1.54, 1.807) is 48.2 Å². The zero-order valence-electron chi connectivity index (χ0n) is 15.4. The molecule has 0 aliphatic carbocycles. The Hall–Kier alpha value is -3.16. The van der Waals surface area contributed by atoms with Crippen LogP contribution in [0.3, 0.4) is 0 Å². The van der Waals surface area contributed by atoms with Crippen molar-refractivity contribution < 1.29 is 14.4 Å². The van der Waals surface area contributed by atoms with Gasteiger partial charge in [0.2, 0.25) is 11.8 Å². The number of likely N-dealkylation sites (N-methyl/N-ethyl adjacent to an activating group) is 2. The minimum absolute atomic E-state index is 0.0252. The number of hydrogen-bond acceptors (Lipinski definition) is 4. The van der Waals surface area contributed by atoms with Crippen LogP contribution in [0.5, 0.6) is 0 Å². The van der Waals surface area contributed by atoms with E-state index in [2.05, 4.69) is 15.7 Å². The number of piperidine rings is 1. The second-order valence-corrected chi connectivity index (χ2v) is 6.66. The average molecular weight is 369 g/mol. The van der Waals surface area contributed by atoms with Gasteiger partial charge in [-0.1, -0.05) is 12.1 Å². The monoisotopic (exact) mass is 369 g/mol. The summed E-state index contributed by atoms with van der Waals surface area (Å²) in [6, 6.07) is 7.21. The van der Waals surface area contributed by atoms with Crippen molar-refractivity contribution in [2.45, 2.75) is 25.4 Å². The molecule has 1 aromatic carbocycles. The molecular weight excluding hydrogens is 346 g/mol. The molecule has 1 aliphatic rings. The van der Waals surface area contributed by atoms with Crippen molar-refractivity contribution in [3.05, 3.63) is 42.2 Å². The van der Waals surface area contributed by atoms with Crippen LogP contribution in [0.4, 0.5) is 0 Å². The molecule has 2 N–H and O–H groups in total. The van der Waals surface area contributed by atoms with Crippen LogP contribution in [0.15, 0.2) is 36.7 Å². The van der Waals surface area contributed by atoms with E-state index < -0.39 is 0 Å². The van der Waals surface area contributed by atoms with Crippen LogP contribution in [-0.2, 0) is 16.1 Å². The summed E-state index contributed by atoms with van der Waals surface area (Å²) in [6.07, 6.45) is 4.60. The summed E-state index contributed by atoms with van der Waals surface area (Å²) in [5, 5.41) is 9.71. The maximum Gasteiger partial charge on any atom is 0.251 e. The van der Waals surface area contributed by atoms with Gasteiger partial charge in [-0.25, -0.2) is 0 Å². The summed E-state index contributed by atoms with van der Waals surface area (Å²) < 4.78 is 1.57. The van der Waals surface area contributed by atoms with E-state index in [0.29, 0.717) is 24.9 Å². The topological polar surface area (TPSA) is 96.3 Å². The molecule has 1 fully saturated rings. The lowest BCUT2D eigenvalue weighted by atomic mass is 10.0. The highest BCUT2D eigenvalue weighted by Crippen LogP contribution is 2.19. The molecule has 0 unspecified atom stereocenters. The van der Waals surface area contributed by atoms with Crippen molar-refractivity contribution in [3.63, 3.8) is 0 Å². The first-order chi connectivity index (χ1) is 13.0. The Balaban J connectivity index is 1.62. The fraction of sp³-hybridized carbons (Fsp3) is 0.368. The molecular formula is C19H23N5O3. The van der Waals surface area contributed by atoms with E-state index in [1.165, 1.54) is 0 Å². The Kier molecular flexibility index (Phi) is 5.54. The first-order valence-corrected chi connectivity index (χ1v) is 8.84. The van der Waals surface area contributed by atoms with Gasteiger partial charge in [-0.2, -0.15) is 5.10 Å². The number of carbonyl (C=O) groups is 3. The number of amides is 3. The van der Waals surface area contributed by atoms with Gasteiger partial charge in [0.25, 0.3) is 5.91 Å². The molecule has 8 heteroatoms. The molecule has 27 heavy (non-hydrogen) atoms. The van der Waals surface area contributed by atoms with Crippen LogP contribution in [0.2, 0.25) is 0 Å². The van der Waals surface area contributed by atoms with Crippen LogP contribution >= 0.6 is 0 Å². The Bertz CT molecular complexity index is 843. The number of benzene rings is 1. The van der Waals surface area contributed by atoms with Gasteiger partial charge in [-0.3, -0.25) is 19.1 Å². The largest absolute Gasteiger partial charge is 0.358 e. The molecule has 0 spiro atoms. The van der Waals surface area contributed by atoms with Gasteiger partial charge >= 0.3 is 0 Å². The second-order valence-electron chi connectivity index (χ2n) is 6.66. The van der Waals surface area contributed by atoms with E-state index in [-0.39, 0.29) is 30.3 Å². The molecule has 1 aliphatic heterocycles. The standard InChI is InChI=1S/C19H23N5O3/c1-20-17(25)12-24-10-15(9-21-24)13-3-5-14(6-4-13)19(27)22-16-7-8-18(26)23(2)11-16/h3-6,9-10,16H,7-8,11-12H2,1-2H3,(H,20,25)(H,22,27)/t16-/m1/s1. The summed E-state index contributed by atoms with van der Waals surface area (Å²) in [4.78, 5) is 37.0. The number of aromatic nitrogens is 2. The molecule has 0 radical (unpaired) electrons. The maximum atomic E-state index is 12.4. The van der Waals surface area contributed by atoms with Gasteiger partial charge < -0.3 is 15.5 Å². The molecule has 0 bridgehead atoms. The lowest BCUT2D eigenvalue weighted by Gasteiger charge is -2.30. The molecule has 3 amide bonds.